The highest BCUT2D eigenvalue weighted by Gasteiger charge is 2.04. The summed E-state index contributed by atoms with van der Waals surface area (Å²) in [6.45, 7) is 6.06. The van der Waals surface area contributed by atoms with E-state index in [1.807, 2.05) is 45.0 Å². The van der Waals surface area contributed by atoms with E-state index >= 15 is 0 Å². The molecule has 0 aliphatic heterocycles. The van der Waals surface area contributed by atoms with Gasteiger partial charge in [-0.2, -0.15) is 0 Å². The first-order chi connectivity index (χ1) is 7.42. The summed E-state index contributed by atoms with van der Waals surface area (Å²) in [5, 5.41) is 0.839. The van der Waals surface area contributed by atoms with Crippen molar-refractivity contribution in [2.24, 2.45) is 0 Å². The Morgan fingerprint density at radius 3 is 1.94 bits per heavy atom. The van der Waals surface area contributed by atoms with Crippen LogP contribution in [-0.2, 0) is 10.1 Å². The van der Waals surface area contributed by atoms with Crippen LogP contribution in [-0.4, -0.2) is 19.0 Å². The van der Waals surface area contributed by atoms with Crippen LogP contribution >= 0.6 is 15.9 Å². The molecule has 0 radical (unpaired) electrons. The summed E-state index contributed by atoms with van der Waals surface area (Å²) < 4.78 is 4.94. The molecule has 0 aromatic heterocycles. The lowest BCUT2D eigenvalue weighted by Gasteiger charge is -2.14. The fourth-order valence-corrected chi connectivity index (χ4v) is 1.06. The summed E-state index contributed by atoms with van der Waals surface area (Å²) in [5.74, 6) is 0. The zero-order chi connectivity index (χ0) is 12.6. The van der Waals surface area contributed by atoms with Crippen molar-refractivity contribution in [2.75, 3.05) is 7.11 Å². The highest BCUT2D eigenvalue weighted by Crippen LogP contribution is 2.05. The second-order valence-corrected chi connectivity index (χ2v) is 4.87. The third-order valence-electron chi connectivity index (χ3n) is 1.88. The maximum atomic E-state index is 10.2. The van der Waals surface area contributed by atoms with Crippen LogP contribution in [0.25, 0.3) is 0 Å². The van der Waals surface area contributed by atoms with Gasteiger partial charge in [0.15, 0.2) is 0 Å². The molecule has 0 atom stereocenters. The molecule has 0 heterocycles. The number of carbonyl (C=O) groups is 1. The Bertz CT molecular complexity index is 299. The van der Waals surface area contributed by atoms with Gasteiger partial charge in [0.2, 0.25) is 0 Å². The van der Waals surface area contributed by atoms with E-state index in [1.54, 1.807) is 7.11 Å². The molecule has 1 aromatic rings. The van der Waals surface area contributed by atoms with Gasteiger partial charge in [-0.15, -0.1) is 0 Å². The fraction of sp³-hybridized carbons (Fsp3) is 0.462. The van der Waals surface area contributed by atoms with Crippen molar-refractivity contribution in [1.82, 2.24) is 0 Å². The average molecular weight is 287 g/mol. The van der Waals surface area contributed by atoms with Gasteiger partial charge < -0.3 is 4.74 Å². The van der Waals surface area contributed by atoms with Crippen molar-refractivity contribution in [3.63, 3.8) is 0 Å². The molecular weight excluding hydrogens is 268 g/mol. The molecule has 0 fully saturated rings. The Morgan fingerprint density at radius 1 is 1.25 bits per heavy atom. The van der Waals surface area contributed by atoms with Crippen molar-refractivity contribution in [3.05, 3.63) is 35.4 Å². The van der Waals surface area contributed by atoms with E-state index in [0.717, 1.165) is 17.2 Å². The van der Waals surface area contributed by atoms with E-state index in [1.165, 1.54) is 5.56 Å². The Hall–Kier alpha value is -0.670. The number of benzene rings is 1. The number of hydrogen-bond acceptors (Lipinski definition) is 2. The van der Waals surface area contributed by atoms with E-state index in [2.05, 4.69) is 15.9 Å². The lowest BCUT2D eigenvalue weighted by atomic mass is 10.2. The molecule has 0 aliphatic rings. The highest BCUT2D eigenvalue weighted by molar-refractivity contribution is 9.08. The van der Waals surface area contributed by atoms with Gasteiger partial charge in [-0.1, -0.05) is 40.2 Å². The molecule has 16 heavy (non-hydrogen) atoms. The minimum atomic E-state index is 0.0417. The van der Waals surface area contributed by atoms with Crippen LogP contribution in [0.15, 0.2) is 24.3 Å². The summed E-state index contributed by atoms with van der Waals surface area (Å²) in [6, 6.07) is 7.48. The Balaban J connectivity index is 0.000000325. The van der Waals surface area contributed by atoms with E-state index in [4.69, 9.17) is 4.74 Å². The van der Waals surface area contributed by atoms with Gasteiger partial charge in [-0.3, -0.25) is 4.79 Å². The minimum Gasteiger partial charge on any atom is -0.379 e. The van der Waals surface area contributed by atoms with Crippen molar-refractivity contribution < 1.29 is 9.53 Å². The van der Waals surface area contributed by atoms with Crippen molar-refractivity contribution in [1.29, 1.82) is 0 Å². The van der Waals surface area contributed by atoms with Crippen LogP contribution in [0.3, 0.4) is 0 Å². The topological polar surface area (TPSA) is 26.3 Å². The number of carbonyl (C=O) groups excluding carboxylic acids is 1. The maximum Gasteiger partial charge on any atom is 0.150 e. The van der Waals surface area contributed by atoms with Crippen molar-refractivity contribution in [3.8, 4) is 0 Å². The largest absolute Gasteiger partial charge is 0.379 e. The Labute approximate surface area is 106 Å². The fourth-order valence-electron chi connectivity index (χ4n) is 0.685. The first-order valence-corrected chi connectivity index (χ1v) is 6.20. The molecule has 1 rings (SSSR count). The zero-order valence-electron chi connectivity index (χ0n) is 10.3. The third kappa shape index (κ3) is 7.60. The Morgan fingerprint density at radius 2 is 1.69 bits per heavy atom. The molecule has 0 unspecified atom stereocenters. The quantitative estimate of drug-likeness (QED) is 0.610. The predicted molar refractivity (Wildman–Crippen MR) is 71.2 cm³/mol. The van der Waals surface area contributed by atoms with Gasteiger partial charge in [-0.25, -0.2) is 0 Å². The lowest BCUT2D eigenvalue weighted by molar-refractivity contribution is 0.0397. The molecule has 0 amide bonds. The molecule has 0 aliphatic carbocycles. The molecule has 0 spiro atoms. The SMILES string of the molecule is COC(C)(C)C.O=Cc1ccc(CBr)cc1. The molecule has 2 nitrogen and oxygen atoms in total. The van der Waals surface area contributed by atoms with E-state index < -0.39 is 0 Å². The van der Waals surface area contributed by atoms with E-state index in [0.29, 0.717) is 0 Å². The first-order valence-electron chi connectivity index (χ1n) is 5.08. The molecular formula is C13H19BrO2. The van der Waals surface area contributed by atoms with Crippen LogP contribution in [0, 0.1) is 0 Å². The number of aldehydes is 1. The van der Waals surface area contributed by atoms with Crippen molar-refractivity contribution in [2.45, 2.75) is 31.7 Å². The number of halogens is 1. The molecule has 0 saturated heterocycles. The maximum absolute atomic E-state index is 10.2. The van der Waals surface area contributed by atoms with Gasteiger partial charge >= 0.3 is 0 Å². The standard InChI is InChI=1S/C8H7BrO.C5H12O/c9-5-7-1-3-8(6-10)4-2-7;1-5(2,3)6-4/h1-4,6H,5H2;1-4H3. The number of ether oxygens (including phenoxy) is 1. The molecule has 3 heteroatoms. The third-order valence-corrected chi connectivity index (χ3v) is 2.53. The highest BCUT2D eigenvalue weighted by atomic mass is 79.9. The van der Waals surface area contributed by atoms with Gasteiger partial charge in [0.05, 0.1) is 5.60 Å². The van der Waals surface area contributed by atoms with Gasteiger partial charge in [-0.05, 0) is 26.3 Å². The van der Waals surface area contributed by atoms with E-state index in [9.17, 15) is 4.79 Å². The second-order valence-electron chi connectivity index (χ2n) is 4.31. The minimum absolute atomic E-state index is 0.0417. The number of hydrogen-bond donors (Lipinski definition) is 0. The second kappa shape index (κ2) is 7.58. The number of rotatable bonds is 2. The van der Waals surface area contributed by atoms with Crippen molar-refractivity contribution >= 4 is 22.2 Å². The molecule has 0 bridgehead atoms. The predicted octanol–water partition coefficient (Wildman–Crippen LogP) is 3.83. The van der Waals surface area contributed by atoms with Gasteiger partial charge in [0, 0.05) is 18.0 Å². The molecule has 1 aromatic carbocycles. The molecule has 90 valence electrons. The lowest BCUT2D eigenvalue weighted by Crippen LogP contribution is -2.15. The summed E-state index contributed by atoms with van der Waals surface area (Å²) in [6.07, 6.45) is 0.845. The zero-order valence-corrected chi connectivity index (χ0v) is 11.9. The molecule has 0 saturated carbocycles. The normalized spacial score (nSPS) is 10.3. The van der Waals surface area contributed by atoms with Crippen LogP contribution in [0.4, 0.5) is 0 Å². The number of alkyl halides is 1. The summed E-state index contributed by atoms with van der Waals surface area (Å²) >= 11 is 3.32. The summed E-state index contributed by atoms with van der Waals surface area (Å²) in [4.78, 5) is 10.2. The summed E-state index contributed by atoms with van der Waals surface area (Å²) in [7, 11) is 1.71. The van der Waals surface area contributed by atoms with Crippen LogP contribution < -0.4 is 0 Å². The average Bonchev–Trinajstić information content (AvgIpc) is 2.29. The van der Waals surface area contributed by atoms with Crippen LogP contribution in [0.1, 0.15) is 36.7 Å². The van der Waals surface area contributed by atoms with Gasteiger partial charge in [0.25, 0.3) is 0 Å². The Kier molecular flexibility index (Phi) is 7.26. The molecule has 0 N–H and O–H groups in total. The summed E-state index contributed by atoms with van der Waals surface area (Å²) in [5.41, 5.74) is 1.95. The number of methoxy groups -OCH3 is 1. The smallest absolute Gasteiger partial charge is 0.150 e. The monoisotopic (exact) mass is 286 g/mol. The first kappa shape index (κ1) is 15.3. The van der Waals surface area contributed by atoms with Gasteiger partial charge in [0.1, 0.15) is 6.29 Å². The van der Waals surface area contributed by atoms with Crippen LogP contribution in [0.5, 0.6) is 0 Å². The van der Waals surface area contributed by atoms with Crippen LogP contribution in [0.2, 0.25) is 0 Å². The van der Waals surface area contributed by atoms with E-state index in [-0.39, 0.29) is 5.60 Å².